The summed E-state index contributed by atoms with van der Waals surface area (Å²) in [6.07, 6.45) is 6.66. The molecule has 0 bridgehead atoms. The summed E-state index contributed by atoms with van der Waals surface area (Å²) in [5.74, 6) is -0.287. The van der Waals surface area contributed by atoms with Gasteiger partial charge < -0.3 is 21.7 Å². The molecule has 0 unspecified atom stereocenters. The highest BCUT2D eigenvalue weighted by atomic mass is 79.9. The molecule has 0 radical (unpaired) electrons. The molecule has 0 fully saturated rings. The summed E-state index contributed by atoms with van der Waals surface area (Å²) < 4.78 is 4.73. The number of benzene rings is 3. The maximum absolute atomic E-state index is 11.5. The fraction of sp³-hybridized carbons (Fsp3) is 0.207. The number of carbonyl (C=O) groups excluding carboxylic acids is 1. The van der Waals surface area contributed by atoms with Crippen molar-refractivity contribution in [3.8, 4) is 0 Å². The summed E-state index contributed by atoms with van der Waals surface area (Å²) in [5.41, 5.74) is 2.41. The first-order chi connectivity index (χ1) is 15.6. The number of halogens is 1. The first-order valence-corrected chi connectivity index (χ1v) is 13.0. The van der Waals surface area contributed by atoms with Crippen LogP contribution in [0.3, 0.4) is 0 Å². The average molecular weight is 523 g/mol. The second-order valence-corrected chi connectivity index (χ2v) is 11.6. The fourth-order valence-corrected chi connectivity index (χ4v) is 8.45. The third-order valence-electron chi connectivity index (χ3n) is 5.67. The van der Waals surface area contributed by atoms with Crippen LogP contribution in [0.15, 0.2) is 114 Å². The molecular weight excluding hydrogens is 491 g/mol. The van der Waals surface area contributed by atoms with Crippen molar-refractivity contribution in [2.24, 2.45) is 0 Å². The Morgan fingerprint density at radius 1 is 0.758 bits per heavy atom. The molecular formula is C29H32BrO2P. The van der Waals surface area contributed by atoms with Gasteiger partial charge in [-0.2, -0.15) is 0 Å². The third-order valence-corrected chi connectivity index (χ3v) is 10.2. The van der Waals surface area contributed by atoms with Gasteiger partial charge in [0.2, 0.25) is 0 Å². The zero-order valence-electron chi connectivity index (χ0n) is 19.6. The quantitative estimate of drug-likeness (QED) is 0.187. The van der Waals surface area contributed by atoms with Gasteiger partial charge in [0.05, 0.1) is 13.3 Å². The molecule has 4 heteroatoms. The Morgan fingerprint density at radius 3 is 1.58 bits per heavy atom. The van der Waals surface area contributed by atoms with Gasteiger partial charge in [0, 0.05) is 6.08 Å². The van der Waals surface area contributed by atoms with Crippen molar-refractivity contribution in [3.05, 3.63) is 114 Å². The predicted molar refractivity (Wildman–Crippen MR) is 139 cm³/mol. The van der Waals surface area contributed by atoms with Gasteiger partial charge in [0.1, 0.15) is 23.2 Å². The molecule has 2 nitrogen and oxygen atoms in total. The van der Waals surface area contributed by atoms with Crippen LogP contribution in [0.1, 0.15) is 26.7 Å². The van der Waals surface area contributed by atoms with E-state index in [0.29, 0.717) is 0 Å². The largest absolute Gasteiger partial charge is 1.00 e. The van der Waals surface area contributed by atoms with E-state index in [1.54, 1.807) is 6.08 Å². The van der Waals surface area contributed by atoms with Crippen molar-refractivity contribution in [3.63, 3.8) is 0 Å². The summed E-state index contributed by atoms with van der Waals surface area (Å²) in [6.45, 7) is 4.22. The van der Waals surface area contributed by atoms with Gasteiger partial charge in [-0.15, -0.1) is 0 Å². The standard InChI is InChI=1S/C29H32O2P.BrH/c1-24(22-29(30)31-3)14-13-15-25(2)23-32(26-16-7-4-8-17-26,27-18-9-5-10-19-27)28-20-11-6-12-21-28;/h4-12,15-22H,13-14,23H2,1-3H3;1H/q+1;/p-1. The third kappa shape index (κ3) is 7.00. The Kier molecular flexibility index (Phi) is 10.8. The highest BCUT2D eigenvalue weighted by molar-refractivity contribution is 7.95. The monoisotopic (exact) mass is 522 g/mol. The van der Waals surface area contributed by atoms with E-state index in [1.807, 2.05) is 6.92 Å². The second kappa shape index (κ2) is 13.3. The van der Waals surface area contributed by atoms with Gasteiger partial charge in [-0.3, -0.25) is 0 Å². The van der Waals surface area contributed by atoms with E-state index in [1.165, 1.54) is 28.6 Å². The lowest BCUT2D eigenvalue weighted by atomic mass is 10.1. The summed E-state index contributed by atoms with van der Waals surface area (Å²) in [4.78, 5) is 11.5. The second-order valence-electron chi connectivity index (χ2n) is 8.08. The van der Waals surface area contributed by atoms with Gasteiger partial charge in [-0.1, -0.05) is 66.2 Å². The maximum atomic E-state index is 11.5. The predicted octanol–water partition coefficient (Wildman–Crippen LogP) is 2.83. The minimum absolute atomic E-state index is 0. The van der Waals surface area contributed by atoms with Crippen molar-refractivity contribution in [1.82, 2.24) is 0 Å². The normalized spacial score (nSPS) is 12.1. The van der Waals surface area contributed by atoms with E-state index >= 15 is 0 Å². The van der Waals surface area contributed by atoms with Gasteiger partial charge in [0.25, 0.3) is 0 Å². The van der Waals surface area contributed by atoms with Crippen molar-refractivity contribution in [2.45, 2.75) is 26.7 Å². The van der Waals surface area contributed by atoms with Crippen LogP contribution in [0.4, 0.5) is 0 Å². The molecule has 0 heterocycles. The lowest BCUT2D eigenvalue weighted by Gasteiger charge is -2.28. The molecule has 0 aliphatic rings. The van der Waals surface area contributed by atoms with Crippen molar-refractivity contribution in [2.75, 3.05) is 13.3 Å². The van der Waals surface area contributed by atoms with E-state index in [-0.39, 0.29) is 23.0 Å². The van der Waals surface area contributed by atoms with Crippen LogP contribution in [0.2, 0.25) is 0 Å². The molecule has 0 amide bonds. The van der Waals surface area contributed by atoms with Crippen molar-refractivity contribution < 1.29 is 26.5 Å². The number of carbonyl (C=O) groups is 1. The molecule has 3 aromatic carbocycles. The Bertz CT molecular complexity index is 964. The van der Waals surface area contributed by atoms with E-state index in [9.17, 15) is 4.79 Å². The van der Waals surface area contributed by atoms with Crippen LogP contribution in [0.25, 0.3) is 0 Å². The summed E-state index contributed by atoms with van der Waals surface area (Å²) in [6, 6.07) is 32.9. The Morgan fingerprint density at radius 2 is 1.18 bits per heavy atom. The summed E-state index contributed by atoms with van der Waals surface area (Å²) >= 11 is 0. The van der Waals surface area contributed by atoms with E-state index in [0.717, 1.165) is 24.6 Å². The molecule has 172 valence electrons. The van der Waals surface area contributed by atoms with Crippen molar-refractivity contribution >= 4 is 29.1 Å². The topological polar surface area (TPSA) is 26.3 Å². The number of allylic oxidation sites excluding steroid dienone is 3. The first-order valence-electron chi connectivity index (χ1n) is 11.0. The van der Waals surface area contributed by atoms with Crippen LogP contribution in [0.5, 0.6) is 0 Å². The van der Waals surface area contributed by atoms with Crippen LogP contribution in [0, 0.1) is 0 Å². The Balaban J connectivity index is 0.00000385. The molecule has 0 saturated heterocycles. The lowest BCUT2D eigenvalue weighted by molar-refractivity contribution is -0.134. The number of rotatable bonds is 9. The van der Waals surface area contributed by atoms with Crippen LogP contribution in [-0.2, 0) is 9.53 Å². The van der Waals surface area contributed by atoms with Gasteiger partial charge in [-0.25, -0.2) is 4.79 Å². The minimum atomic E-state index is -1.86. The molecule has 0 aliphatic carbocycles. The lowest BCUT2D eigenvalue weighted by Crippen LogP contribution is -3.00. The number of ether oxygens (including phenoxy) is 1. The molecule has 0 N–H and O–H groups in total. The SMILES string of the molecule is COC(=O)C=C(C)CCC=C(C)C[P+](c1ccccc1)(c1ccccc1)c1ccccc1.[Br-]. The van der Waals surface area contributed by atoms with Gasteiger partial charge in [0.15, 0.2) is 0 Å². The molecule has 33 heavy (non-hydrogen) atoms. The highest BCUT2D eigenvalue weighted by Crippen LogP contribution is 2.56. The zero-order valence-corrected chi connectivity index (χ0v) is 22.1. The molecule has 0 spiro atoms. The molecule has 0 saturated carbocycles. The van der Waals surface area contributed by atoms with E-state index < -0.39 is 7.26 Å². The van der Waals surface area contributed by atoms with Crippen molar-refractivity contribution in [1.29, 1.82) is 0 Å². The van der Waals surface area contributed by atoms with Crippen LogP contribution < -0.4 is 32.9 Å². The molecule has 3 aromatic rings. The fourth-order valence-electron chi connectivity index (χ4n) is 4.09. The first kappa shape index (κ1) is 26.8. The Hall–Kier alpha value is -2.48. The van der Waals surface area contributed by atoms with E-state index in [4.69, 9.17) is 4.74 Å². The smallest absolute Gasteiger partial charge is 0.330 e. The number of hydrogen-bond donors (Lipinski definition) is 0. The summed E-state index contributed by atoms with van der Waals surface area (Å²) in [7, 11) is -0.445. The highest BCUT2D eigenvalue weighted by Gasteiger charge is 2.45. The van der Waals surface area contributed by atoms with E-state index in [2.05, 4.69) is 104 Å². The number of methoxy groups -OCH3 is 1. The molecule has 3 rings (SSSR count). The number of esters is 1. The average Bonchev–Trinajstić information content (AvgIpc) is 2.84. The number of hydrogen-bond acceptors (Lipinski definition) is 2. The minimum Gasteiger partial charge on any atom is -1.00 e. The summed E-state index contributed by atoms with van der Waals surface area (Å²) in [5, 5.41) is 4.19. The Labute approximate surface area is 209 Å². The zero-order chi connectivity index (χ0) is 22.8. The van der Waals surface area contributed by atoms with Crippen LogP contribution in [-0.4, -0.2) is 19.2 Å². The van der Waals surface area contributed by atoms with Crippen LogP contribution >= 0.6 is 7.26 Å². The molecule has 0 atom stereocenters. The molecule has 0 aromatic heterocycles. The van der Waals surface area contributed by atoms with Gasteiger partial charge >= 0.3 is 5.97 Å². The molecule has 0 aliphatic heterocycles. The maximum Gasteiger partial charge on any atom is 0.330 e. The van der Waals surface area contributed by atoms with Gasteiger partial charge in [-0.05, 0) is 68.7 Å².